The third-order valence-electron chi connectivity index (χ3n) is 3.27. The van der Waals surface area contributed by atoms with Gasteiger partial charge in [-0.2, -0.15) is 0 Å². The number of thiophene rings is 1. The van der Waals surface area contributed by atoms with Crippen molar-refractivity contribution in [3.05, 3.63) is 46.5 Å². The molecule has 0 radical (unpaired) electrons. The van der Waals surface area contributed by atoms with E-state index in [1.165, 1.54) is 4.88 Å². The first-order valence-corrected chi connectivity index (χ1v) is 7.54. The highest BCUT2D eigenvalue weighted by Crippen LogP contribution is 2.28. The van der Waals surface area contributed by atoms with Gasteiger partial charge in [0.05, 0.1) is 12.3 Å². The third kappa shape index (κ3) is 3.47. The topological polar surface area (TPSA) is 42.4 Å². The number of furan rings is 1. The van der Waals surface area contributed by atoms with Gasteiger partial charge in [-0.15, -0.1) is 11.3 Å². The molecule has 2 rings (SSSR count). The van der Waals surface area contributed by atoms with Gasteiger partial charge in [-0.3, -0.25) is 4.90 Å². The molecule has 3 nitrogen and oxygen atoms in total. The average molecular weight is 278 g/mol. The summed E-state index contributed by atoms with van der Waals surface area (Å²) >= 11 is 1.78. The molecule has 0 aliphatic heterocycles. The van der Waals surface area contributed by atoms with E-state index in [-0.39, 0.29) is 12.1 Å². The summed E-state index contributed by atoms with van der Waals surface area (Å²) in [5.41, 5.74) is 6.20. The van der Waals surface area contributed by atoms with Gasteiger partial charge in [0.2, 0.25) is 0 Å². The van der Waals surface area contributed by atoms with Crippen molar-refractivity contribution in [1.29, 1.82) is 0 Å². The van der Waals surface area contributed by atoms with Crippen LogP contribution in [0, 0.1) is 0 Å². The summed E-state index contributed by atoms with van der Waals surface area (Å²) in [4.78, 5) is 3.75. The molecule has 0 bridgehead atoms. The molecule has 2 atom stereocenters. The zero-order chi connectivity index (χ0) is 13.8. The lowest BCUT2D eigenvalue weighted by Crippen LogP contribution is -2.42. The van der Waals surface area contributed by atoms with Crippen molar-refractivity contribution in [3.8, 4) is 0 Å². The van der Waals surface area contributed by atoms with Crippen molar-refractivity contribution in [1.82, 2.24) is 4.90 Å². The Morgan fingerprint density at radius 3 is 2.53 bits per heavy atom. The summed E-state index contributed by atoms with van der Waals surface area (Å²) in [5.74, 6) is 0.945. The highest BCUT2D eigenvalue weighted by Gasteiger charge is 2.28. The smallest absolute Gasteiger partial charge is 0.122 e. The fourth-order valence-corrected chi connectivity index (χ4v) is 3.08. The van der Waals surface area contributed by atoms with Crippen LogP contribution in [0.4, 0.5) is 0 Å². The van der Waals surface area contributed by atoms with Crippen LogP contribution in [0.3, 0.4) is 0 Å². The second-order valence-corrected chi connectivity index (χ2v) is 6.20. The second kappa shape index (κ2) is 6.37. The molecule has 19 heavy (non-hydrogen) atoms. The van der Waals surface area contributed by atoms with Crippen molar-refractivity contribution in [2.75, 3.05) is 0 Å². The van der Waals surface area contributed by atoms with Gasteiger partial charge < -0.3 is 10.2 Å². The Morgan fingerprint density at radius 1 is 1.26 bits per heavy atom. The zero-order valence-corrected chi connectivity index (χ0v) is 12.6. The van der Waals surface area contributed by atoms with E-state index >= 15 is 0 Å². The van der Waals surface area contributed by atoms with E-state index in [2.05, 4.69) is 36.3 Å². The van der Waals surface area contributed by atoms with E-state index in [9.17, 15) is 0 Å². The van der Waals surface area contributed by atoms with Crippen LogP contribution in [0.2, 0.25) is 0 Å². The molecule has 104 valence electrons. The SMILES string of the molecule is CC(N)C(c1ccco1)N(Cc1cccs1)C(C)C. The van der Waals surface area contributed by atoms with Crippen LogP contribution in [0.15, 0.2) is 40.3 Å². The van der Waals surface area contributed by atoms with Crippen LogP contribution in [-0.2, 0) is 6.54 Å². The number of nitrogens with zero attached hydrogens (tertiary/aromatic N) is 1. The van der Waals surface area contributed by atoms with Gasteiger partial charge in [0.15, 0.2) is 0 Å². The molecule has 0 saturated carbocycles. The van der Waals surface area contributed by atoms with Crippen LogP contribution in [0.1, 0.15) is 37.5 Å². The van der Waals surface area contributed by atoms with E-state index in [0.29, 0.717) is 6.04 Å². The fourth-order valence-electron chi connectivity index (χ4n) is 2.37. The van der Waals surface area contributed by atoms with Crippen molar-refractivity contribution in [2.45, 2.75) is 45.4 Å². The quantitative estimate of drug-likeness (QED) is 0.877. The molecule has 2 heterocycles. The Morgan fingerprint density at radius 2 is 2.05 bits per heavy atom. The maximum Gasteiger partial charge on any atom is 0.122 e. The van der Waals surface area contributed by atoms with Crippen LogP contribution >= 0.6 is 11.3 Å². The molecule has 2 unspecified atom stereocenters. The van der Waals surface area contributed by atoms with Gasteiger partial charge in [-0.25, -0.2) is 0 Å². The molecule has 0 aliphatic carbocycles. The average Bonchev–Trinajstić information content (AvgIpc) is 2.99. The Bertz CT molecular complexity index is 462. The van der Waals surface area contributed by atoms with E-state index in [4.69, 9.17) is 10.2 Å². The summed E-state index contributed by atoms with van der Waals surface area (Å²) in [7, 11) is 0. The first-order valence-electron chi connectivity index (χ1n) is 6.66. The van der Waals surface area contributed by atoms with E-state index in [0.717, 1.165) is 12.3 Å². The predicted molar refractivity (Wildman–Crippen MR) is 80.1 cm³/mol. The van der Waals surface area contributed by atoms with Gasteiger partial charge >= 0.3 is 0 Å². The minimum absolute atomic E-state index is 0.0218. The van der Waals surface area contributed by atoms with E-state index in [1.54, 1.807) is 17.6 Å². The lowest BCUT2D eigenvalue weighted by Gasteiger charge is -2.35. The number of nitrogens with two attached hydrogens (primary N) is 1. The largest absolute Gasteiger partial charge is 0.468 e. The number of rotatable bonds is 6. The molecule has 2 N–H and O–H groups in total. The van der Waals surface area contributed by atoms with E-state index in [1.807, 2.05) is 19.1 Å². The maximum absolute atomic E-state index is 6.20. The van der Waals surface area contributed by atoms with Gasteiger partial charge in [-0.05, 0) is 44.4 Å². The molecule has 0 aromatic carbocycles. The fraction of sp³-hybridized carbons (Fsp3) is 0.467. The minimum atomic E-state index is 0.0218. The minimum Gasteiger partial charge on any atom is -0.468 e. The Balaban J connectivity index is 2.24. The summed E-state index contributed by atoms with van der Waals surface area (Å²) in [5, 5.41) is 2.11. The summed E-state index contributed by atoms with van der Waals surface area (Å²) in [6.45, 7) is 7.34. The van der Waals surface area contributed by atoms with Crippen LogP contribution in [0.5, 0.6) is 0 Å². The lowest BCUT2D eigenvalue weighted by atomic mass is 10.0. The summed E-state index contributed by atoms with van der Waals surface area (Å²) in [6, 6.07) is 8.73. The summed E-state index contributed by atoms with van der Waals surface area (Å²) < 4.78 is 5.59. The van der Waals surface area contributed by atoms with Crippen LogP contribution in [-0.4, -0.2) is 17.0 Å². The molecule has 0 saturated heterocycles. The third-order valence-corrected chi connectivity index (χ3v) is 4.13. The zero-order valence-electron chi connectivity index (χ0n) is 11.7. The molecule has 0 amide bonds. The van der Waals surface area contributed by atoms with Gasteiger partial charge in [0, 0.05) is 23.5 Å². The summed E-state index contributed by atoms with van der Waals surface area (Å²) in [6.07, 6.45) is 1.72. The van der Waals surface area contributed by atoms with Crippen molar-refractivity contribution in [2.24, 2.45) is 5.73 Å². The predicted octanol–water partition coefficient (Wildman–Crippen LogP) is 3.64. The molecule has 2 aromatic rings. The molecule has 0 fully saturated rings. The highest BCUT2D eigenvalue weighted by atomic mass is 32.1. The van der Waals surface area contributed by atoms with E-state index < -0.39 is 0 Å². The molecule has 0 spiro atoms. The Labute approximate surface area is 119 Å². The van der Waals surface area contributed by atoms with Gasteiger partial charge in [0.1, 0.15) is 5.76 Å². The van der Waals surface area contributed by atoms with Gasteiger partial charge in [-0.1, -0.05) is 6.07 Å². The first-order chi connectivity index (χ1) is 9.09. The van der Waals surface area contributed by atoms with Crippen LogP contribution < -0.4 is 5.73 Å². The normalized spacial score (nSPS) is 15.1. The maximum atomic E-state index is 6.20. The lowest BCUT2D eigenvalue weighted by molar-refractivity contribution is 0.111. The monoisotopic (exact) mass is 278 g/mol. The van der Waals surface area contributed by atoms with Gasteiger partial charge in [0.25, 0.3) is 0 Å². The Hall–Kier alpha value is -1.10. The van der Waals surface area contributed by atoms with Crippen molar-refractivity contribution >= 4 is 11.3 Å². The van der Waals surface area contributed by atoms with Crippen LogP contribution in [0.25, 0.3) is 0 Å². The van der Waals surface area contributed by atoms with Crippen molar-refractivity contribution < 1.29 is 4.42 Å². The number of hydrogen-bond acceptors (Lipinski definition) is 4. The Kier molecular flexibility index (Phi) is 4.80. The second-order valence-electron chi connectivity index (χ2n) is 5.16. The van der Waals surface area contributed by atoms with Crippen molar-refractivity contribution in [3.63, 3.8) is 0 Å². The first kappa shape index (κ1) is 14.3. The standard InChI is InChI=1S/C15H22N2OS/c1-11(2)17(10-13-6-5-9-19-13)15(12(3)16)14-7-4-8-18-14/h4-9,11-12,15H,10,16H2,1-3H3. The number of hydrogen-bond donors (Lipinski definition) is 1. The molecule has 0 aliphatic rings. The molecule has 2 aromatic heterocycles. The molecular weight excluding hydrogens is 256 g/mol. The highest BCUT2D eigenvalue weighted by molar-refractivity contribution is 7.09. The molecule has 4 heteroatoms. The molecular formula is C15H22N2OS.